The van der Waals surface area contributed by atoms with E-state index in [1.165, 1.54) is 19.2 Å². The van der Waals surface area contributed by atoms with Gasteiger partial charge in [-0.25, -0.2) is 0 Å². The molecule has 2 N–H and O–H groups in total. The second-order valence-corrected chi connectivity index (χ2v) is 3.81. The van der Waals surface area contributed by atoms with Gasteiger partial charge >= 0.3 is 6.18 Å². The van der Waals surface area contributed by atoms with E-state index in [0.717, 1.165) is 0 Å². The Morgan fingerprint density at radius 3 is 2.55 bits per heavy atom. The molecular formula is C12H13F3N2O3. The Bertz CT molecular complexity index is 489. The average Bonchev–Trinajstić information content (AvgIpc) is 2.41. The zero-order valence-corrected chi connectivity index (χ0v) is 10.6. The van der Waals surface area contributed by atoms with E-state index in [2.05, 4.69) is 5.32 Å². The van der Waals surface area contributed by atoms with Gasteiger partial charge in [0.2, 0.25) is 5.91 Å². The predicted octanol–water partition coefficient (Wildman–Crippen LogP) is 1.10. The van der Waals surface area contributed by atoms with Crippen molar-refractivity contribution in [3.05, 3.63) is 29.8 Å². The molecule has 0 aliphatic carbocycles. The third-order valence-corrected chi connectivity index (χ3v) is 2.23. The van der Waals surface area contributed by atoms with Crippen LogP contribution in [0, 0.1) is 0 Å². The minimum atomic E-state index is -4.48. The van der Waals surface area contributed by atoms with Crippen molar-refractivity contribution in [2.75, 3.05) is 20.2 Å². The van der Waals surface area contributed by atoms with E-state index in [1.54, 1.807) is 17.4 Å². The highest BCUT2D eigenvalue weighted by molar-refractivity contribution is 5.96. The molecule has 0 atom stereocenters. The quantitative estimate of drug-likeness (QED) is 0.853. The van der Waals surface area contributed by atoms with Gasteiger partial charge in [0.25, 0.3) is 5.91 Å². The summed E-state index contributed by atoms with van der Waals surface area (Å²) >= 11 is 0. The van der Waals surface area contributed by atoms with Crippen molar-refractivity contribution in [3.8, 4) is 5.75 Å². The molecule has 0 aromatic heterocycles. The van der Waals surface area contributed by atoms with E-state index in [1.807, 2.05) is 0 Å². The lowest BCUT2D eigenvalue weighted by Crippen LogP contribution is -2.40. The molecular weight excluding hydrogens is 277 g/mol. The Kier molecular flexibility index (Phi) is 5.36. The van der Waals surface area contributed by atoms with Gasteiger partial charge in [-0.15, -0.1) is 0 Å². The SMILES string of the molecule is COc1cccc(C(=O)NCC(=O)NCC(F)(F)F)c1. The summed E-state index contributed by atoms with van der Waals surface area (Å²) in [6.07, 6.45) is -4.48. The summed E-state index contributed by atoms with van der Waals surface area (Å²) in [5.41, 5.74) is 0.243. The molecule has 0 spiro atoms. The zero-order chi connectivity index (χ0) is 15.2. The number of methoxy groups -OCH3 is 1. The minimum absolute atomic E-state index is 0.243. The smallest absolute Gasteiger partial charge is 0.405 e. The Labute approximate surface area is 113 Å². The number of hydrogen-bond acceptors (Lipinski definition) is 3. The lowest BCUT2D eigenvalue weighted by molar-refractivity contribution is -0.137. The van der Waals surface area contributed by atoms with Crippen LogP contribution in [0.25, 0.3) is 0 Å². The molecule has 1 rings (SSSR count). The van der Waals surface area contributed by atoms with Crippen molar-refractivity contribution in [3.63, 3.8) is 0 Å². The number of rotatable bonds is 5. The number of benzene rings is 1. The molecule has 1 aromatic carbocycles. The monoisotopic (exact) mass is 290 g/mol. The van der Waals surface area contributed by atoms with Crippen molar-refractivity contribution < 1.29 is 27.5 Å². The van der Waals surface area contributed by atoms with E-state index in [4.69, 9.17) is 4.74 Å². The van der Waals surface area contributed by atoms with Crippen LogP contribution >= 0.6 is 0 Å². The molecule has 0 fully saturated rings. The van der Waals surface area contributed by atoms with Crippen LogP contribution in [0.2, 0.25) is 0 Å². The Hall–Kier alpha value is -2.25. The minimum Gasteiger partial charge on any atom is -0.497 e. The van der Waals surface area contributed by atoms with Crippen LogP contribution in [0.5, 0.6) is 5.75 Å². The molecule has 20 heavy (non-hydrogen) atoms. The van der Waals surface area contributed by atoms with E-state index < -0.39 is 31.1 Å². The predicted molar refractivity (Wildman–Crippen MR) is 64.4 cm³/mol. The van der Waals surface area contributed by atoms with Gasteiger partial charge in [-0.2, -0.15) is 13.2 Å². The Morgan fingerprint density at radius 1 is 1.25 bits per heavy atom. The summed E-state index contributed by atoms with van der Waals surface area (Å²) < 4.78 is 40.5. The number of carbonyl (C=O) groups excluding carboxylic acids is 2. The van der Waals surface area contributed by atoms with Crippen molar-refractivity contribution in [1.29, 1.82) is 0 Å². The van der Waals surface area contributed by atoms with Crippen LogP contribution in [0.3, 0.4) is 0 Å². The van der Waals surface area contributed by atoms with E-state index in [-0.39, 0.29) is 5.56 Å². The van der Waals surface area contributed by atoms with Gasteiger partial charge in [0.05, 0.1) is 13.7 Å². The summed E-state index contributed by atoms with van der Waals surface area (Å²) in [5.74, 6) is -1.04. The molecule has 0 heterocycles. The normalized spacial score (nSPS) is 10.8. The maximum atomic E-state index is 11.8. The first-order valence-corrected chi connectivity index (χ1v) is 5.57. The van der Waals surface area contributed by atoms with Gasteiger partial charge in [-0.3, -0.25) is 9.59 Å². The second kappa shape index (κ2) is 6.78. The molecule has 0 aliphatic heterocycles. The first kappa shape index (κ1) is 15.8. The third-order valence-electron chi connectivity index (χ3n) is 2.23. The molecule has 2 amide bonds. The lowest BCUT2D eigenvalue weighted by Gasteiger charge is -2.09. The van der Waals surface area contributed by atoms with Crippen molar-refractivity contribution in [2.24, 2.45) is 0 Å². The highest BCUT2D eigenvalue weighted by Gasteiger charge is 2.27. The molecule has 0 saturated heterocycles. The Morgan fingerprint density at radius 2 is 1.95 bits per heavy atom. The number of halogens is 3. The van der Waals surface area contributed by atoms with Crippen LogP contribution in [-0.4, -0.2) is 38.2 Å². The van der Waals surface area contributed by atoms with Crippen LogP contribution in [-0.2, 0) is 4.79 Å². The Balaban J connectivity index is 2.44. The topological polar surface area (TPSA) is 67.4 Å². The number of amides is 2. The summed E-state index contributed by atoms with van der Waals surface area (Å²) in [5, 5.41) is 3.86. The van der Waals surface area contributed by atoms with Crippen LogP contribution in [0.1, 0.15) is 10.4 Å². The number of carbonyl (C=O) groups is 2. The molecule has 8 heteroatoms. The molecule has 0 bridgehead atoms. The lowest BCUT2D eigenvalue weighted by atomic mass is 10.2. The number of ether oxygens (including phenoxy) is 1. The molecule has 1 aromatic rings. The van der Waals surface area contributed by atoms with Gasteiger partial charge in [0.1, 0.15) is 12.3 Å². The fourth-order valence-electron chi connectivity index (χ4n) is 1.29. The third kappa shape index (κ3) is 5.59. The number of alkyl halides is 3. The standard InChI is InChI=1S/C12H13F3N2O3/c1-20-9-4-2-3-8(5-9)11(19)16-6-10(18)17-7-12(13,14)15/h2-5H,6-7H2,1H3,(H,16,19)(H,17,18). The summed E-state index contributed by atoms with van der Waals surface area (Å²) in [7, 11) is 1.43. The van der Waals surface area contributed by atoms with Gasteiger partial charge in [0.15, 0.2) is 0 Å². The maximum absolute atomic E-state index is 11.8. The second-order valence-electron chi connectivity index (χ2n) is 3.81. The number of hydrogen-bond donors (Lipinski definition) is 2. The summed E-state index contributed by atoms with van der Waals surface area (Å²) in [6.45, 7) is -1.97. The average molecular weight is 290 g/mol. The number of nitrogens with one attached hydrogen (secondary N) is 2. The van der Waals surface area contributed by atoms with Gasteiger partial charge in [-0.1, -0.05) is 6.07 Å². The molecule has 0 aliphatic rings. The van der Waals surface area contributed by atoms with Gasteiger partial charge in [0, 0.05) is 5.56 Å². The van der Waals surface area contributed by atoms with Crippen LogP contribution in [0.15, 0.2) is 24.3 Å². The highest BCUT2D eigenvalue weighted by atomic mass is 19.4. The molecule has 0 unspecified atom stereocenters. The van der Waals surface area contributed by atoms with Crippen molar-refractivity contribution in [1.82, 2.24) is 10.6 Å². The molecule has 5 nitrogen and oxygen atoms in total. The largest absolute Gasteiger partial charge is 0.497 e. The van der Waals surface area contributed by atoms with E-state index in [0.29, 0.717) is 5.75 Å². The highest BCUT2D eigenvalue weighted by Crippen LogP contribution is 2.12. The molecule has 0 radical (unpaired) electrons. The molecule has 110 valence electrons. The summed E-state index contributed by atoms with van der Waals surface area (Å²) in [6, 6.07) is 6.15. The van der Waals surface area contributed by atoms with E-state index in [9.17, 15) is 22.8 Å². The first-order valence-electron chi connectivity index (χ1n) is 5.57. The maximum Gasteiger partial charge on any atom is 0.405 e. The molecule has 0 saturated carbocycles. The van der Waals surface area contributed by atoms with Crippen molar-refractivity contribution in [2.45, 2.75) is 6.18 Å². The van der Waals surface area contributed by atoms with E-state index >= 15 is 0 Å². The fourth-order valence-corrected chi connectivity index (χ4v) is 1.29. The summed E-state index contributed by atoms with van der Waals surface area (Å²) in [4.78, 5) is 22.7. The fraction of sp³-hybridized carbons (Fsp3) is 0.333. The van der Waals surface area contributed by atoms with Gasteiger partial charge < -0.3 is 15.4 Å². The van der Waals surface area contributed by atoms with Crippen molar-refractivity contribution >= 4 is 11.8 Å². The van der Waals surface area contributed by atoms with Gasteiger partial charge in [-0.05, 0) is 18.2 Å². The zero-order valence-electron chi connectivity index (χ0n) is 10.6. The van der Waals surface area contributed by atoms with Crippen LogP contribution in [0.4, 0.5) is 13.2 Å². The first-order chi connectivity index (χ1) is 9.31. The van der Waals surface area contributed by atoms with Crippen LogP contribution < -0.4 is 15.4 Å².